The van der Waals surface area contributed by atoms with Crippen LogP contribution in [-0.4, -0.2) is 47.8 Å². The highest BCUT2D eigenvalue weighted by molar-refractivity contribution is 5.76. The van der Waals surface area contributed by atoms with Gasteiger partial charge in [0, 0.05) is 38.1 Å². The van der Waals surface area contributed by atoms with E-state index in [0.29, 0.717) is 18.9 Å². The molecule has 3 atom stereocenters. The van der Waals surface area contributed by atoms with Gasteiger partial charge in [0.25, 0.3) is 0 Å². The van der Waals surface area contributed by atoms with Crippen molar-refractivity contribution in [1.29, 1.82) is 0 Å². The van der Waals surface area contributed by atoms with Gasteiger partial charge in [0.05, 0.1) is 6.10 Å². The Bertz CT molecular complexity index is 321. The van der Waals surface area contributed by atoms with Crippen molar-refractivity contribution in [1.82, 2.24) is 4.90 Å². The predicted molar refractivity (Wildman–Crippen MR) is 83.0 cm³/mol. The summed E-state index contributed by atoms with van der Waals surface area (Å²) in [5.41, 5.74) is 0. The van der Waals surface area contributed by atoms with Gasteiger partial charge in [0.15, 0.2) is 0 Å². The summed E-state index contributed by atoms with van der Waals surface area (Å²) in [6.07, 6.45) is 8.87. The molecule has 0 spiro atoms. The van der Waals surface area contributed by atoms with Gasteiger partial charge in [0.1, 0.15) is 0 Å². The molecule has 4 nitrogen and oxygen atoms in total. The van der Waals surface area contributed by atoms with Gasteiger partial charge in [-0.2, -0.15) is 0 Å². The van der Waals surface area contributed by atoms with Gasteiger partial charge in [0.2, 0.25) is 5.91 Å². The molecule has 1 N–H and O–H groups in total. The molecular formula is C17H31NO3. The molecule has 2 fully saturated rings. The van der Waals surface area contributed by atoms with Crippen LogP contribution >= 0.6 is 0 Å². The molecule has 3 unspecified atom stereocenters. The fraction of sp³-hybridized carbons (Fsp3) is 0.941. The molecule has 122 valence electrons. The van der Waals surface area contributed by atoms with Crippen LogP contribution in [0.25, 0.3) is 0 Å². The number of hydrogen-bond donors (Lipinski definition) is 1. The molecule has 1 heterocycles. The number of nitrogens with zero attached hydrogens (tertiary/aromatic N) is 1. The lowest BCUT2D eigenvalue weighted by atomic mass is 9.78. The molecule has 0 radical (unpaired) electrons. The third-order valence-electron chi connectivity index (χ3n) is 5.03. The monoisotopic (exact) mass is 297 g/mol. The Morgan fingerprint density at radius 1 is 1.19 bits per heavy atom. The summed E-state index contributed by atoms with van der Waals surface area (Å²) in [4.78, 5) is 14.6. The van der Waals surface area contributed by atoms with Gasteiger partial charge in [-0.25, -0.2) is 0 Å². The molecule has 1 saturated heterocycles. The number of rotatable bonds is 6. The minimum Gasteiger partial charge on any atom is -0.393 e. The van der Waals surface area contributed by atoms with Crippen molar-refractivity contribution in [3.05, 3.63) is 0 Å². The van der Waals surface area contributed by atoms with Crippen LogP contribution in [0.5, 0.6) is 0 Å². The number of piperidine rings is 1. The SMILES string of the molecule is CCOCCCC(=O)N1CCCCC1C1CCCCC1O. The second-order valence-electron chi connectivity index (χ2n) is 6.47. The van der Waals surface area contributed by atoms with Crippen LogP contribution in [0.1, 0.15) is 64.7 Å². The number of aliphatic hydroxyl groups is 1. The number of hydrogen-bond acceptors (Lipinski definition) is 3. The minimum absolute atomic E-state index is 0.208. The molecule has 1 amide bonds. The quantitative estimate of drug-likeness (QED) is 0.767. The van der Waals surface area contributed by atoms with E-state index < -0.39 is 0 Å². The van der Waals surface area contributed by atoms with Crippen LogP contribution in [0.3, 0.4) is 0 Å². The Hall–Kier alpha value is -0.610. The lowest BCUT2D eigenvalue weighted by molar-refractivity contribution is -0.138. The van der Waals surface area contributed by atoms with E-state index in [0.717, 1.165) is 51.7 Å². The highest BCUT2D eigenvalue weighted by Crippen LogP contribution is 2.34. The lowest BCUT2D eigenvalue weighted by Crippen LogP contribution is -2.51. The Morgan fingerprint density at radius 2 is 1.95 bits per heavy atom. The molecule has 1 saturated carbocycles. The molecule has 0 aromatic carbocycles. The van der Waals surface area contributed by atoms with E-state index in [-0.39, 0.29) is 18.1 Å². The van der Waals surface area contributed by atoms with Crippen molar-refractivity contribution >= 4 is 5.91 Å². The zero-order chi connectivity index (χ0) is 15.1. The first-order valence-electron chi connectivity index (χ1n) is 8.79. The standard InChI is InChI=1S/C17H31NO3/c1-2-21-13-7-11-17(20)18-12-6-5-9-15(18)14-8-3-4-10-16(14)19/h14-16,19H,2-13H2,1H3. The summed E-state index contributed by atoms with van der Waals surface area (Å²) in [5, 5.41) is 10.3. The van der Waals surface area contributed by atoms with E-state index in [1.165, 1.54) is 12.8 Å². The summed E-state index contributed by atoms with van der Waals surface area (Å²) in [5.74, 6) is 0.562. The van der Waals surface area contributed by atoms with Crippen LogP contribution in [0.15, 0.2) is 0 Å². The van der Waals surface area contributed by atoms with E-state index >= 15 is 0 Å². The van der Waals surface area contributed by atoms with Crippen molar-refractivity contribution in [2.75, 3.05) is 19.8 Å². The van der Waals surface area contributed by atoms with Crippen LogP contribution in [0, 0.1) is 5.92 Å². The maximum Gasteiger partial charge on any atom is 0.222 e. The first-order chi connectivity index (χ1) is 10.2. The van der Waals surface area contributed by atoms with E-state index in [9.17, 15) is 9.90 Å². The van der Waals surface area contributed by atoms with E-state index in [4.69, 9.17) is 4.74 Å². The second-order valence-corrected chi connectivity index (χ2v) is 6.47. The van der Waals surface area contributed by atoms with Crippen LogP contribution in [0.2, 0.25) is 0 Å². The Morgan fingerprint density at radius 3 is 2.71 bits per heavy atom. The van der Waals surface area contributed by atoms with Gasteiger partial charge < -0.3 is 14.7 Å². The van der Waals surface area contributed by atoms with Crippen molar-refractivity contribution in [2.24, 2.45) is 5.92 Å². The van der Waals surface area contributed by atoms with Gasteiger partial charge in [-0.05, 0) is 45.4 Å². The molecule has 1 aliphatic heterocycles. The number of carbonyl (C=O) groups is 1. The van der Waals surface area contributed by atoms with Crippen molar-refractivity contribution in [2.45, 2.75) is 76.9 Å². The van der Waals surface area contributed by atoms with Crippen molar-refractivity contribution in [3.63, 3.8) is 0 Å². The summed E-state index contributed by atoms with van der Waals surface area (Å²) < 4.78 is 5.32. The minimum atomic E-state index is -0.208. The van der Waals surface area contributed by atoms with E-state index in [1.807, 2.05) is 6.92 Å². The molecule has 2 rings (SSSR count). The topological polar surface area (TPSA) is 49.8 Å². The number of ether oxygens (including phenoxy) is 1. The first kappa shape index (κ1) is 16.8. The number of carbonyl (C=O) groups excluding carboxylic acids is 1. The maximum absolute atomic E-state index is 12.5. The fourth-order valence-electron chi connectivity index (χ4n) is 3.91. The third kappa shape index (κ3) is 4.68. The number of aliphatic hydroxyl groups excluding tert-OH is 1. The normalized spacial score (nSPS) is 30.4. The maximum atomic E-state index is 12.5. The molecule has 4 heteroatoms. The Balaban J connectivity index is 1.89. The van der Waals surface area contributed by atoms with Gasteiger partial charge in [-0.1, -0.05) is 12.8 Å². The molecule has 1 aliphatic carbocycles. The van der Waals surface area contributed by atoms with Crippen molar-refractivity contribution in [3.8, 4) is 0 Å². The zero-order valence-electron chi connectivity index (χ0n) is 13.4. The van der Waals surface area contributed by atoms with Gasteiger partial charge >= 0.3 is 0 Å². The number of amides is 1. The van der Waals surface area contributed by atoms with E-state index in [2.05, 4.69) is 4.90 Å². The smallest absolute Gasteiger partial charge is 0.222 e. The molecule has 21 heavy (non-hydrogen) atoms. The second kappa shape index (κ2) is 8.74. The highest BCUT2D eigenvalue weighted by Gasteiger charge is 2.37. The molecular weight excluding hydrogens is 266 g/mol. The van der Waals surface area contributed by atoms with Crippen LogP contribution < -0.4 is 0 Å². The summed E-state index contributed by atoms with van der Waals surface area (Å²) in [6.45, 7) is 4.25. The van der Waals surface area contributed by atoms with Crippen LogP contribution in [-0.2, 0) is 9.53 Å². The van der Waals surface area contributed by atoms with Crippen molar-refractivity contribution < 1.29 is 14.6 Å². The molecule has 0 aromatic heterocycles. The summed E-state index contributed by atoms with van der Waals surface area (Å²) in [7, 11) is 0. The summed E-state index contributed by atoms with van der Waals surface area (Å²) in [6, 6.07) is 0.272. The first-order valence-corrected chi connectivity index (χ1v) is 8.79. The Kier molecular flexibility index (Phi) is 6.97. The highest BCUT2D eigenvalue weighted by atomic mass is 16.5. The Labute approximate surface area is 128 Å². The number of likely N-dealkylation sites (tertiary alicyclic amines) is 1. The zero-order valence-corrected chi connectivity index (χ0v) is 13.4. The van der Waals surface area contributed by atoms with Crippen LogP contribution in [0.4, 0.5) is 0 Å². The van der Waals surface area contributed by atoms with Gasteiger partial charge in [-0.3, -0.25) is 4.79 Å². The largest absolute Gasteiger partial charge is 0.393 e. The molecule has 0 bridgehead atoms. The third-order valence-corrected chi connectivity index (χ3v) is 5.03. The van der Waals surface area contributed by atoms with E-state index in [1.54, 1.807) is 0 Å². The predicted octanol–water partition coefficient (Wildman–Crippen LogP) is 2.74. The molecule has 2 aliphatic rings. The summed E-state index contributed by atoms with van der Waals surface area (Å²) >= 11 is 0. The van der Waals surface area contributed by atoms with Gasteiger partial charge in [-0.15, -0.1) is 0 Å². The molecule has 0 aromatic rings. The average molecular weight is 297 g/mol. The fourth-order valence-corrected chi connectivity index (χ4v) is 3.91. The lowest BCUT2D eigenvalue weighted by Gasteiger charge is -2.43. The average Bonchev–Trinajstić information content (AvgIpc) is 2.52.